The van der Waals surface area contributed by atoms with Gasteiger partial charge in [0.1, 0.15) is 5.75 Å². The fourth-order valence-corrected chi connectivity index (χ4v) is 3.63. The minimum absolute atomic E-state index is 0.129. The molecule has 174 valence electrons. The third kappa shape index (κ3) is 5.38. The molecule has 3 aromatic rings. The Bertz CT molecular complexity index is 1120. The minimum atomic E-state index is -1.10. The van der Waals surface area contributed by atoms with Crippen LogP contribution in [0.15, 0.2) is 54.6 Å². The van der Waals surface area contributed by atoms with Crippen molar-refractivity contribution in [3.63, 3.8) is 0 Å². The number of methoxy groups -OCH3 is 1. The Balaban J connectivity index is 1.64. The lowest BCUT2D eigenvalue weighted by molar-refractivity contribution is -0.166. The Hall–Kier alpha value is -2.87. The number of ether oxygens (including phenoxy) is 4. The molecule has 2 aromatic carbocycles. The number of aromatic nitrogens is 2. The molecule has 1 aliphatic heterocycles. The molecule has 1 saturated heterocycles. The predicted octanol–water partition coefficient (Wildman–Crippen LogP) is 4.69. The third-order valence-electron chi connectivity index (χ3n) is 5.42. The lowest BCUT2D eigenvalue weighted by Gasteiger charge is -2.25. The number of hydrogen-bond donors (Lipinski definition) is 0. The lowest BCUT2D eigenvalue weighted by atomic mass is 10.1. The number of carbonyl (C=O) groups excluding carboxylic acids is 1. The number of rotatable bonds is 9. The highest BCUT2D eigenvalue weighted by atomic mass is 35.5. The van der Waals surface area contributed by atoms with Gasteiger partial charge in [0.05, 0.1) is 55.6 Å². The molecule has 4 rings (SSSR count). The zero-order chi connectivity index (χ0) is 23.4. The molecule has 0 unspecified atom stereocenters. The maximum absolute atomic E-state index is 12.0. The molecule has 0 aliphatic carbocycles. The van der Waals surface area contributed by atoms with E-state index in [1.165, 1.54) is 7.11 Å². The van der Waals surface area contributed by atoms with E-state index in [4.69, 9.17) is 35.6 Å². The van der Waals surface area contributed by atoms with Crippen LogP contribution in [0.5, 0.6) is 5.75 Å². The van der Waals surface area contributed by atoms with E-state index in [2.05, 4.69) is 0 Å². The standard InChI is InChI=1S/C25H27ClN2O5/c1-25(2,24(29)30-3)33-16-19-12-23(28(27-19)22-10-5-4-9-21(22)26)18-7-6-8-20(11-18)32-15-17-13-31-14-17/h4-12,17H,13-16H2,1-3H3. The largest absolute Gasteiger partial charge is 0.493 e. The third-order valence-corrected chi connectivity index (χ3v) is 5.74. The van der Waals surface area contributed by atoms with E-state index in [-0.39, 0.29) is 6.61 Å². The van der Waals surface area contributed by atoms with Crippen molar-refractivity contribution in [2.45, 2.75) is 26.1 Å². The van der Waals surface area contributed by atoms with Crippen molar-refractivity contribution in [2.24, 2.45) is 5.92 Å². The fraction of sp³-hybridized carbons (Fsp3) is 0.360. The van der Waals surface area contributed by atoms with Crippen LogP contribution in [-0.4, -0.2) is 48.3 Å². The second-order valence-corrected chi connectivity index (χ2v) is 8.82. The highest BCUT2D eigenvalue weighted by molar-refractivity contribution is 6.32. The van der Waals surface area contributed by atoms with E-state index in [0.29, 0.717) is 23.2 Å². The number of benzene rings is 2. The van der Waals surface area contributed by atoms with Gasteiger partial charge in [-0.2, -0.15) is 5.10 Å². The molecule has 0 N–H and O–H groups in total. The number of nitrogens with zero attached hydrogens (tertiary/aromatic N) is 2. The van der Waals surface area contributed by atoms with Gasteiger partial charge in [-0.25, -0.2) is 9.48 Å². The quantitative estimate of drug-likeness (QED) is 0.422. The van der Waals surface area contributed by atoms with Gasteiger partial charge in [-0.1, -0.05) is 35.9 Å². The van der Waals surface area contributed by atoms with Crippen LogP contribution >= 0.6 is 11.6 Å². The van der Waals surface area contributed by atoms with Crippen LogP contribution in [0, 0.1) is 5.92 Å². The SMILES string of the molecule is COC(=O)C(C)(C)OCc1cc(-c2cccc(OCC3COC3)c2)n(-c2ccccc2Cl)n1. The van der Waals surface area contributed by atoms with E-state index in [0.717, 1.165) is 35.9 Å². The molecule has 33 heavy (non-hydrogen) atoms. The van der Waals surface area contributed by atoms with Crippen LogP contribution in [0.4, 0.5) is 0 Å². The maximum atomic E-state index is 12.0. The van der Waals surface area contributed by atoms with Crippen molar-refractivity contribution in [1.29, 1.82) is 0 Å². The van der Waals surface area contributed by atoms with Gasteiger partial charge >= 0.3 is 5.97 Å². The first kappa shape index (κ1) is 23.3. The van der Waals surface area contributed by atoms with Crippen LogP contribution in [0.3, 0.4) is 0 Å². The van der Waals surface area contributed by atoms with E-state index in [1.807, 2.05) is 54.6 Å². The van der Waals surface area contributed by atoms with Crippen LogP contribution in [0.25, 0.3) is 16.9 Å². The number of carbonyl (C=O) groups is 1. The first-order valence-electron chi connectivity index (χ1n) is 10.7. The molecule has 2 heterocycles. The van der Waals surface area contributed by atoms with Crippen LogP contribution in [-0.2, 0) is 25.6 Å². The number of esters is 1. The Morgan fingerprint density at radius 3 is 2.67 bits per heavy atom. The summed E-state index contributed by atoms with van der Waals surface area (Å²) in [5.74, 6) is 0.759. The summed E-state index contributed by atoms with van der Waals surface area (Å²) in [7, 11) is 1.34. The summed E-state index contributed by atoms with van der Waals surface area (Å²) < 4.78 is 23.6. The smallest absolute Gasteiger partial charge is 0.337 e. The molecule has 0 amide bonds. The summed E-state index contributed by atoms with van der Waals surface area (Å²) in [5.41, 5.74) is 2.05. The summed E-state index contributed by atoms with van der Waals surface area (Å²) in [5, 5.41) is 5.30. The first-order chi connectivity index (χ1) is 15.9. The molecular formula is C25H27ClN2O5. The van der Waals surface area contributed by atoms with Crippen molar-refractivity contribution < 1.29 is 23.7 Å². The molecule has 0 radical (unpaired) electrons. The van der Waals surface area contributed by atoms with Gasteiger partial charge in [0.2, 0.25) is 0 Å². The van der Waals surface area contributed by atoms with Gasteiger partial charge in [-0.05, 0) is 44.2 Å². The molecule has 8 heteroatoms. The van der Waals surface area contributed by atoms with Gasteiger partial charge in [-0.15, -0.1) is 0 Å². The summed E-state index contributed by atoms with van der Waals surface area (Å²) in [6.45, 7) is 5.56. The summed E-state index contributed by atoms with van der Waals surface area (Å²) in [6, 6.07) is 17.3. The van der Waals surface area contributed by atoms with E-state index < -0.39 is 11.6 Å². The molecule has 1 aliphatic rings. The number of hydrogen-bond acceptors (Lipinski definition) is 6. The number of halogens is 1. The zero-order valence-corrected chi connectivity index (χ0v) is 19.7. The second-order valence-electron chi connectivity index (χ2n) is 8.42. The molecule has 7 nitrogen and oxygen atoms in total. The Kier molecular flexibility index (Phi) is 7.02. The molecule has 0 atom stereocenters. The normalized spacial score (nSPS) is 14.1. The molecule has 0 bridgehead atoms. The van der Waals surface area contributed by atoms with E-state index >= 15 is 0 Å². The molecule has 0 saturated carbocycles. The zero-order valence-electron chi connectivity index (χ0n) is 18.9. The van der Waals surface area contributed by atoms with E-state index in [1.54, 1.807) is 18.5 Å². The van der Waals surface area contributed by atoms with Gasteiger partial charge in [0.25, 0.3) is 0 Å². The van der Waals surface area contributed by atoms with Crippen molar-refractivity contribution in [3.05, 3.63) is 65.3 Å². The first-order valence-corrected chi connectivity index (χ1v) is 11.1. The van der Waals surface area contributed by atoms with Gasteiger partial charge in [0, 0.05) is 11.5 Å². The highest BCUT2D eigenvalue weighted by Crippen LogP contribution is 2.31. The average molecular weight is 471 g/mol. The minimum Gasteiger partial charge on any atom is -0.493 e. The average Bonchev–Trinajstić information content (AvgIpc) is 3.21. The monoisotopic (exact) mass is 470 g/mol. The van der Waals surface area contributed by atoms with Crippen molar-refractivity contribution >= 4 is 17.6 Å². The summed E-state index contributed by atoms with van der Waals surface area (Å²) in [4.78, 5) is 12.0. The fourth-order valence-electron chi connectivity index (χ4n) is 3.41. The molecule has 1 aromatic heterocycles. The second kappa shape index (κ2) is 9.95. The lowest BCUT2D eigenvalue weighted by Crippen LogP contribution is -2.35. The number of para-hydroxylation sites is 1. The summed E-state index contributed by atoms with van der Waals surface area (Å²) in [6.07, 6.45) is 0. The van der Waals surface area contributed by atoms with Gasteiger partial charge in [-0.3, -0.25) is 0 Å². The van der Waals surface area contributed by atoms with Crippen molar-refractivity contribution in [3.8, 4) is 22.7 Å². The molecule has 0 spiro atoms. The van der Waals surface area contributed by atoms with Crippen LogP contribution in [0.1, 0.15) is 19.5 Å². The Labute approximate surface area is 198 Å². The summed E-state index contributed by atoms with van der Waals surface area (Å²) >= 11 is 6.49. The van der Waals surface area contributed by atoms with Gasteiger partial charge < -0.3 is 18.9 Å². The highest BCUT2D eigenvalue weighted by Gasteiger charge is 2.30. The van der Waals surface area contributed by atoms with Crippen LogP contribution in [0.2, 0.25) is 5.02 Å². The predicted molar refractivity (Wildman–Crippen MR) is 125 cm³/mol. The van der Waals surface area contributed by atoms with Crippen molar-refractivity contribution in [1.82, 2.24) is 9.78 Å². The van der Waals surface area contributed by atoms with Crippen molar-refractivity contribution in [2.75, 3.05) is 26.9 Å². The molecular weight excluding hydrogens is 444 g/mol. The maximum Gasteiger partial charge on any atom is 0.337 e. The molecule has 1 fully saturated rings. The Morgan fingerprint density at radius 1 is 1.18 bits per heavy atom. The van der Waals surface area contributed by atoms with Crippen LogP contribution < -0.4 is 4.74 Å². The Morgan fingerprint density at radius 2 is 1.97 bits per heavy atom. The van der Waals surface area contributed by atoms with Gasteiger partial charge in [0.15, 0.2) is 5.60 Å². The van der Waals surface area contributed by atoms with E-state index in [9.17, 15) is 4.79 Å². The topological polar surface area (TPSA) is 71.8 Å².